The molecule has 0 heteroatoms. The molecule has 0 atom stereocenters. The first-order valence-electron chi connectivity index (χ1n) is 6.79. The molecule has 0 unspecified atom stereocenters. The van der Waals surface area contributed by atoms with Crippen molar-refractivity contribution in [2.45, 2.75) is 72.6 Å². The van der Waals surface area contributed by atoms with Crippen molar-refractivity contribution in [3.05, 3.63) is 34.4 Å². The molecule has 0 spiro atoms. The molecule has 96 valence electrons. The molecular formula is C17H28. The molecule has 0 aromatic heterocycles. The Morgan fingerprint density at radius 1 is 0.882 bits per heavy atom. The van der Waals surface area contributed by atoms with Crippen LogP contribution < -0.4 is 0 Å². The van der Waals surface area contributed by atoms with Gasteiger partial charge in [-0.1, -0.05) is 60.6 Å². The smallest absolute Gasteiger partial charge is 0.0129 e. The van der Waals surface area contributed by atoms with Gasteiger partial charge >= 0.3 is 0 Å². The van der Waals surface area contributed by atoms with Crippen molar-refractivity contribution in [1.82, 2.24) is 0 Å². The van der Waals surface area contributed by atoms with Crippen LogP contribution in [0.1, 0.15) is 82.6 Å². The average molecular weight is 232 g/mol. The second-order valence-corrected chi connectivity index (χ2v) is 6.84. The van der Waals surface area contributed by atoms with Crippen LogP contribution in [0.5, 0.6) is 0 Å². The Kier molecular flexibility index (Phi) is 4.06. The molecule has 1 aromatic rings. The summed E-state index contributed by atoms with van der Waals surface area (Å²) in [7, 11) is 0. The van der Waals surface area contributed by atoms with Crippen LogP contribution in [-0.4, -0.2) is 0 Å². The highest BCUT2D eigenvalue weighted by Crippen LogP contribution is 2.33. The van der Waals surface area contributed by atoms with Crippen LogP contribution in [-0.2, 0) is 5.41 Å². The Balaban J connectivity index is 3.49. The van der Waals surface area contributed by atoms with Gasteiger partial charge in [0.05, 0.1) is 0 Å². The van der Waals surface area contributed by atoms with Gasteiger partial charge in [-0.05, 0) is 46.4 Å². The van der Waals surface area contributed by atoms with Gasteiger partial charge < -0.3 is 0 Å². The first-order chi connectivity index (χ1) is 7.64. The van der Waals surface area contributed by atoms with Gasteiger partial charge in [0.25, 0.3) is 0 Å². The second kappa shape index (κ2) is 4.84. The van der Waals surface area contributed by atoms with Crippen LogP contribution >= 0.6 is 0 Å². The predicted molar refractivity (Wildman–Crippen MR) is 78.1 cm³/mol. The summed E-state index contributed by atoms with van der Waals surface area (Å²) in [6.45, 7) is 18.3. The zero-order valence-corrected chi connectivity index (χ0v) is 12.8. The van der Waals surface area contributed by atoms with Crippen molar-refractivity contribution < 1.29 is 0 Å². The van der Waals surface area contributed by atoms with Crippen molar-refractivity contribution in [2.24, 2.45) is 0 Å². The SMILES string of the molecule is Cc1c(C(C)C)cc(C(C)C)cc1C(C)(C)C. The maximum atomic E-state index is 2.41. The minimum Gasteiger partial charge on any atom is -0.0587 e. The normalized spacial score (nSPS) is 12.6. The van der Waals surface area contributed by atoms with E-state index in [4.69, 9.17) is 0 Å². The molecule has 0 amide bonds. The van der Waals surface area contributed by atoms with E-state index in [2.05, 4.69) is 67.5 Å². The van der Waals surface area contributed by atoms with Crippen molar-refractivity contribution in [2.75, 3.05) is 0 Å². The van der Waals surface area contributed by atoms with Crippen LogP contribution in [0.25, 0.3) is 0 Å². The number of benzene rings is 1. The molecule has 0 saturated heterocycles. The molecule has 0 aliphatic carbocycles. The molecule has 0 radical (unpaired) electrons. The molecule has 0 heterocycles. The van der Waals surface area contributed by atoms with E-state index in [1.165, 1.54) is 22.3 Å². The third-order valence-corrected chi connectivity index (χ3v) is 3.57. The Hall–Kier alpha value is -0.780. The Morgan fingerprint density at radius 2 is 1.41 bits per heavy atom. The van der Waals surface area contributed by atoms with Crippen molar-refractivity contribution in [3.63, 3.8) is 0 Å². The van der Waals surface area contributed by atoms with E-state index >= 15 is 0 Å². The molecule has 0 bridgehead atoms. The van der Waals surface area contributed by atoms with Crippen LogP contribution in [0.4, 0.5) is 0 Å². The van der Waals surface area contributed by atoms with Crippen molar-refractivity contribution in [3.8, 4) is 0 Å². The lowest BCUT2D eigenvalue weighted by Crippen LogP contribution is -2.15. The average Bonchev–Trinajstić information content (AvgIpc) is 2.15. The largest absolute Gasteiger partial charge is 0.0587 e. The van der Waals surface area contributed by atoms with Crippen LogP contribution in [0.3, 0.4) is 0 Å². The van der Waals surface area contributed by atoms with Gasteiger partial charge in [-0.15, -0.1) is 0 Å². The van der Waals surface area contributed by atoms with Gasteiger partial charge in [0, 0.05) is 0 Å². The highest BCUT2D eigenvalue weighted by Gasteiger charge is 2.20. The minimum atomic E-state index is 0.235. The molecule has 17 heavy (non-hydrogen) atoms. The summed E-state index contributed by atoms with van der Waals surface area (Å²) in [5.74, 6) is 1.21. The molecule has 0 N–H and O–H groups in total. The molecule has 1 rings (SSSR count). The topological polar surface area (TPSA) is 0 Å². The minimum absolute atomic E-state index is 0.235. The standard InChI is InChI=1S/C17H28/c1-11(2)14-9-15(12(3)4)13(5)16(10-14)17(6,7)8/h9-12H,1-8H3. The summed E-state index contributed by atoms with van der Waals surface area (Å²) < 4.78 is 0. The highest BCUT2D eigenvalue weighted by atomic mass is 14.3. The summed E-state index contributed by atoms with van der Waals surface area (Å²) in [5, 5.41) is 0. The Labute approximate surface area is 107 Å². The Morgan fingerprint density at radius 3 is 1.76 bits per heavy atom. The van der Waals surface area contributed by atoms with E-state index in [1.54, 1.807) is 0 Å². The molecule has 0 nitrogen and oxygen atoms in total. The van der Waals surface area contributed by atoms with E-state index in [1.807, 2.05) is 0 Å². The van der Waals surface area contributed by atoms with Crippen LogP contribution in [0.2, 0.25) is 0 Å². The van der Waals surface area contributed by atoms with E-state index in [9.17, 15) is 0 Å². The molecule has 0 fully saturated rings. The third kappa shape index (κ3) is 3.12. The lowest BCUT2D eigenvalue weighted by atomic mass is 9.78. The number of hydrogen-bond acceptors (Lipinski definition) is 0. The Bertz CT molecular complexity index is 389. The van der Waals surface area contributed by atoms with E-state index in [0.29, 0.717) is 11.8 Å². The lowest BCUT2D eigenvalue weighted by molar-refractivity contribution is 0.581. The van der Waals surface area contributed by atoms with Crippen molar-refractivity contribution >= 4 is 0 Å². The fraction of sp³-hybridized carbons (Fsp3) is 0.647. The molecule has 0 saturated carbocycles. The van der Waals surface area contributed by atoms with E-state index in [0.717, 1.165) is 0 Å². The predicted octanol–water partition coefficient (Wildman–Crippen LogP) is 5.54. The lowest BCUT2D eigenvalue weighted by Gasteiger charge is -2.27. The summed E-state index contributed by atoms with van der Waals surface area (Å²) >= 11 is 0. The van der Waals surface area contributed by atoms with Gasteiger partial charge in [-0.2, -0.15) is 0 Å². The van der Waals surface area contributed by atoms with Crippen LogP contribution in [0, 0.1) is 6.92 Å². The monoisotopic (exact) mass is 232 g/mol. The summed E-state index contributed by atoms with van der Waals surface area (Å²) in [6.07, 6.45) is 0. The zero-order chi connectivity index (χ0) is 13.4. The van der Waals surface area contributed by atoms with E-state index in [-0.39, 0.29) is 5.41 Å². The quantitative estimate of drug-likeness (QED) is 0.628. The summed E-state index contributed by atoms with van der Waals surface area (Å²) in [5.41, 5.74) is 6.22. The van der Waals surface area contributed by atoms with E-state index < -0.39 is 0 Å². The third-order valence-electron chi connectivity index (χ3n) is 3.57. The maximum absolute atomic E-state index is 2.41. The first-order valence-corrected chi connectivity index (χ1v) is 6.79. The molecule has 1 aromatic carbocycles. The van der Waals surface area contributed by atoms with Crippen LogP contribution in [0.15, 0.2) is 12.1 Å². The maximum Gasteiger partial charge on any atom is -0.0129 e. The molecular weight excluding hydrogens is 204 g/mol. The zero-order valence-electron chi connectivity index (χ0n) is 12.8. The van der Waals surface area contributed by atoms with Crippen molar-refractivity contribution in [1.29, 1.82) is 0 Å². The van der Waals surface area contributed by atoms with Gasteiger partial charge in [0.15, 0.2) is 0 Å². The summed E-state index contributed by atoms with van der Waals surface area (Å²) in [4.78, 5) is 0. The van der Waals surface area contributed by atoms with Gasteiger partial charge in [0.2, 0.25) is 0 Å². The summed E-state index contributed by atoms with van der Waals surface area (Å²) in [6, 6.07) is 4.81. The molecule has 0 aliphatic heterocycles. The fourth-order valence-corrected chi connectivity index (χ4v) is 2.47. The molecule has 0 aliphatic rings. The highest BCUT2D eigenvalue weighted by molar-refractivity contribution is 5.44. The first kappa shape index (κ1) is 14.3. The second-order valence-electron chi connectivity index (χ2n) is 6.84. The van der Waals surface area contributed by atoms with Gasteiger partial charge in [0.1, 0.15) is 0 Å². The number of hydrogen-bond donors (Lipinski definition) is 0. The fourth-order valence-electron chi connectivity index (χ4n) is 2.47. The van der Waals surface area contributed by atoms with Gasteiger partial charge in [-0.3, -0.25) is 0 Å². The van der Waals surface area contributed by atoms with Gasteiger partial charge in [-0.25, -0.2) is 0 Å². The number of rotatable bonds is 2.